The molecule has 0 amide bonds. The highest BCUT2D eigenvalue weighted by Gasteiger charge is 2.19. The molecule has 0 unspecified atom stereocenters. The SMILES string of the molecule is C[C@H]1C[C@H](CNc2ccc3nnc(-c4cc(Cl)cc(Cl)c4)n3n2)CCO1. The van der Waals surface area contributed by atoms with Crippen molar-refractivity contribution in [3.05, 3.63) is 40.4 Å². The lowest BCUT2D eigenvalue weighted by Gasteiger charge is -2.27. The van der Waals surface area contributed by atoms with Crippen LogP contribution in [-0.4, -0.2) is 39.1 Å². The molecule has 1 aromatic carbocycles. The molecule has 0 aliphatic carbocycles. The van der Waals surface area contributed by atoms with Crippen molar-refractivity contribution in [1.82, 2.24) is 19.8 Å². The standard InChI is InChI=1S/C18H19Cl2N5O/c1-11-6-12(4-5-26-11)10-21-16-2-3-17-22-23-18(25(17)24-16)13-7-14(19)9-15(20)8-13/h2-3,7-9,11-12H,4-6,10H2,1H3,(H,21,24)/t11-,12+/m0/s1. The molecule has 136 valence electrons. The van der Waals surface area contributed by atoms with E-state index in [1.54, 1.807) is 22.7 Å². The molecule has 8 heteroatoms. The summed E-state index contributed by atoms with van der Waals surface area (Å²) in [6.45, 7) is 3.81. The molecule has 0 radical (unpaired) electrons. The van der Waals surface area contributed by atoms with E-state index in [-0.39, 0.29) is 0 Å². The summed E-state index contributed by atoms with van der Waals surface area (Å²) in [6.07, 6.45) is 2.45. The summed E-state index contributed by atoms with van der Waals surface area (Å²) in [5.74, 6) is 1.97. The average Bonchev–Trinajstić information content (AvgIpc) is 3.02. The van der Waals surface area contributed by atoms with Crippen LogP contribution in [0.3, 0.4) is 0 Å². The quantitative estimate of drug-likeness (QED) is 0.716. The van der Waals surface area contributed by atoms with Gasteiger partial charge in [-0.25, -0.2) is 0 Å². The second-order valence-corrected chi connectivity index (χ2v) is 7.50. The van der Waals surface area contributed by atoms with Gasteiger partial charge in [0.05, 0.1) is 6.10 Å². The zero-order valence-corrected chi connectivity index (χ0v) is 15.8. The van der Waals surface area contributed by atoms with Crippen molar-refractivity contribution in [2.24, 2.45) is 5.92 Å². The maximum absolute atomic E-state index is 6.11. The second-order valence-electron chi connectivity index (χ2n) is 6.62. The summed E-state index contributed by atoms with van der Waals surface area (Å²) in [5.41, 5.74) is 1.44. The van der Waals surface area contributed by atoms with Gasteiger partial charge in [0.15, 0.2) is 11.5 Å². The van der Waals surface area contributed by atoms with Gasteiger partial charge in [-0.2, -0.15) is 4.52 Å². The first-order valence-electron chi connectivity index (χ1n) is 8.63. The highest BCUT2D eigenvalue weighted by Crippen LogP contribution is 2.26. The summed E-state index contributed by atoms with van der Waals surface area (Å²) >= 11 is 12.2. The van der Waals surface area contributed by atoms with Crippen LogP contribution in [0.25, 0.3) is 17.0 Å². The van der Waals surface area contributed by atoms with E-state index >= 15 is 0 Å². The predicted molar refractivity (Wildman–Crippen MR) is 103 cm³/mol. The number of nitrogens with zero attached hydrogens (tertiary/aromatic N) is 4. The van der Waals surface area contributed by atoms with Crippen molar-refractivity contribution in [2.75, 3.05) is 18.5 Å². The van der Waals surface area contributed by atoms with E-state index in [0.29, 0.717) is 33.5 Å². The van der Waals surface area contributed by atoms with Crippen molar-refractivity contribution in [3.8, 4) is 11.4 Å². The molecule has 1 aliphatic heterocycles. The monoisotopic (exact) mass is 391 g/mol. The van der Waals surface area contributed by atoms with Crippen LogP contribution in [-0.2, 0) is 4.74 Å². The van der Waals surface area contributed by atoms with Crippen LogP contribution < -0.4 is 5.32 Å². The molecule has 0 bridgehead atoms. The number of hydrogen-bond acceptors (Lipinski definition) is 5. The number of anilines is 1. The fourth-order valence-electron chi connectivity index (χ4n) is 3.27. The third-order valence-corrected chi connectivity index (χ3v) is 4.99. The molecule has 2 atom stereocenters. The van der Waals surface area contributed by atoms with Crippen LogP contribution in [0.5, 0.6) is 0 Å². The molecular weight excluding hydrogens is 373 g/mol. The van der Waals surface area contributed by atoms with Crippen molar-refractivity contribution < 1.29 is 4.74 Å². The number of nitrogens with one attached hydrogen (secondary N) is 1. The number of aromatic nitrogens is 4. The van der Waals surface area contributed by atoms with Gasteiger partial charge in [0.1, 0.15) is 5.82 Å². The number of fused-ring (bicyclic) bond motifs is 1. The van der Waals surface area contributed by atoms with E-state index in [4.69, 9.17) is 27.9 Å². The van der Waals surface area contributed by atoms with E-state index in [9.17, 15) is 0 Å². The molecule has 0 spiro atoms. The van der Waals surface area contributed by atoms with Gasteiger partial charge in [0, 0.05) is 28.8 Å². The van der Waals surface area contributed by atoms with Crippen molar-refractivity contribution in [3.63, 3.8) is 0 Å². The first-order valence-corrected chi connectivity index (χ1v) is 9.38. The van der Waals surface area contributed by atoms with Crippen LogP contribution in [0.2, 0.25) is 10.0 Å². The molecule has 0 saturated carbocycles. The molecule has 3 heterocycles. The van der Waals surface area contributed by atoms with Crippen LogP contribution >= 0.6 is 23.2 Å². The van der Waals surface area contributed by atoms with E-state index in [1.165, 1.54) is 0 Å². The third-order valence-electron chi connectivity index (χ3n) is 4.55. The molecule has 1 saturated heterocycles. The van der Waals surface area contributed by atoms with Crippen molar-refractivity contribution >= 4 is 34.7 Å². The first-order chi connectivity index (χ1) is 12.6. The maximum Gasteiger partial charge on any atom is 0.185 e. The molecule has 1 aliphatic rings. The van der Waals surface area contributed by atoms with E-state index < -0.39 is 0 Å². The average molecular weight is 392 g/mol. The topological polar surface area (TPSA) is 64.3 Å². The smallest absolute Gasteiger partial charge is 0.185 e. The Morgan fingerprint density at radius 1 is 1.19 bits per heavy atom. The van der Waals surface area contributed by atoms with Crippen LogP contribution in [0.1, 0.15) is 19.8 Å². The fourth-order valence-corrected chi connectivity index (χ4v) is 3.80. The Morgan fingerprint density at radius 3 is 2.77 bits per heavy atom. The predicted octanol–water partition coefficient (Wildman–Crippen LogP) is 4.33. The summed E-state index contributed by atoms with van der Waals surface area (Å²) in [7, 11) is 0. The fraction of sp³-hybridized carbons (Fsp3) is 0.389. The minimum atomic E-state index is 0.322. The Labute approximate surface area is 161 Å². The van der Waals surface area contributed by atoms with E-state index in [1.807, 2.05) is 12.1 Å². The molecule has 6 nitrogen and oxygen atoms in total. The molecule has 1 fully saturated rings. The Hall–Kier alpha value is -1.89. The van der Waals surface area contributed by atoms with Gasteiger partial charge in [0.25, 0.3) is 0 Å². The number of hydrogen-bond donors (Lipinski definition) is 1. The molecule has 26 heavy (non-hydrogen) atoms. The number of benzene rings is 1. The molecule has 2 aromatic heterocycles. The largest absolute Gasteiger partial charge is 0.378 e. The molecular formula is C18H19Cl2N5O. The summed E-state index contributed by atoms with van der Waals surface area (Å²) in [6, 6.07) is 9.10. The highest BCUT2D eigenvalue weighted by atomic mass is 35.5. The lowest BCUT2D eigenvalue weighted by Crippen LogP contribution is -2.28. The van der Waals surface area contributed by atoms with Crippen LogP contribution in [0.15, 0.2) is 30.3 Å². The normalized spacial score (nSPS) is 20.4. The van der Waals surface area contributed by atoms with E-state index in [0.717, 1.165) is 37.4 Å². The van der Waals surface area contributed by atoms with Gasteiger partial charge in [-0.15, -0.1) is 15.3 Å². The minimum absolute atomic E-state index is 0.322. The minimum Gasteiger partial charge on any atom is -0.378 e. The summed E-state index contributed by atoms with van der Waals surface area (Å²) in [4.78, 5) is 0. The first kappa shape index (κ1) is 17.5. The number of halogens is 2. The van der Waals surface area contributed by atoms with Gasteiger partial charge in [0.2, 0.25) is 0 Å². The number of rotatable bonds is 4. The maximum atomic E-state index is 6.11. The zero-order chi connectivity index (χ0) is 18.1. The third kappa shape index (κ3) is 3.77. The van der Waals surface area contributed by atoms with Crippen molar-refractivity contribution in [1.29, 1.82) is 0 Å². The Balaban J connectivity index is 1.58. The Kier molecular flexibility index (Phi) is 4.98. The number of ether oxygens (including phenoxy) is 1. The van der Waals surface area contributed by atoms with Crippen LogP contribution in [0, 0.1) is 5.92 Å². The highest BCUT2D eigenvalue weighted by molar-refractivity contribution is 6.35. The summed E-state index contributed by atoms with van der Waals surface area (Å²) < 4.78 is 7.31. The Bertz CT molecular complexity index is 909. The van der Waals surface area contributed by atoms with Crippen LogP contribution in [0.4, 0.5) is 5.82 Å². The van der Waals surface area contributed by atoms with Gasteiger partial charge < -0.3 is 10.1 Å². The lowest BCUT2D eigenvalue weighted by molar-refractivity contribution is 0.00557. The van der Waals surface area contributed by atoms with E-state index in [2.05, 4.69) is 27.5 Å². The Morgan fingerprint density at radius 2 is 2.00 bits per heavy atom. The summed E-state index contributed by atoms with van der Waals surface area (Å²) in [5, 5.41) is 17.6. The zero-order valence-electron chi connectivity index (χ0n) is 14.3. The van der Waals surface area contributed by atoms with Gasteiger partial charge in [-0.05, 0) is 56.0 Å². The van der Waals surface area contributed by atoms with Gasteiger partial charge >= 0.3 is 0 Å². The van der Waals surface area contributed by atoms with Gasteiger partial charge in [-0.3, -0.25) is 0 Å². The van der Waals surface area contributed by atoms with Gasteiger partial charge in [-0.1, -0.05) is 23.2 Å². The molecule has 4 rings (SSSR count). The lowest BCUT2D eigenvalue weighted by atomic mass is 9.96. The molecule has 1 N–H and O–H groups in total. The second kappa shape index (κ2) is 7.39. The van der Waals surface area contributed by atoms with Crippen molar-refractivity contribution in [2.45, 2.75) is 25.9 Å². The molecule has 3 aromatic rings.